The van der Waals surface area contributed by atoms with E-state index in [2.05, 4.69) is 17.4 Å². The van der Waals surface area contributed by atoms with Gasteiger partial charge in [-0.05, 0) is 35.9 Å². The molecule has 0 aliphatic heterocycles. The Labute approximate surface area is 189 Å². The van der Waals surface area contributed by atoms with Gasteiger partial charge in [-0.3, -0.25) is 4.79 Å². The van der Waals surface area contributed by atoms with Crippen molar-refractivity contribution in [1.29, 1.82) is 0 Å². The summed E-state index contributed by atoms with van der Waals surface area (Å²) < 4.78 is 5.14. The van der Waals surface area contributed by atoms with Gasteiger partial charge in [0.25, 0.3) is 0 Å². The zero-order valence-corrected chi connectivity index (χ0v) is 18.4. The van der Waals surface area contributed by atoms with Crippen molar-refractivity contribution in [3.05, 3.63) is 89.1 Å². The lowest BCUT2D eigenvalue weighted by atomic mass is 10.1. The van der Waals surface area contributed by atoms with Crippen LogP contribution in [0.4, 0.5) is 5.69 Å². The van der Waals surface area contributed by atoms with Crippen LogP contribution in [-0.4, -0.2) is 28.7 Å². The van der Waals surface area contributed by atoms with Gasteiger partial charge in [-0.15, -0.1) is 0 Å². The Morgan fingerprint density at radius 3 is 2.42 bits per heavy atom. The first kappa shape index (κ1) is 21.2. The van der Waals surface area contributed by atoms with Gasteiger partial charge >= 0.3 is 0 Å². The number of thioether (sulfide) groups is 1. The minimum absolute atomic E-state index is 0.146. The highest BCUT2D eigenvalue weighted by atomic mass is 35.5. The van der Waals surface area contributed by atoms with E-state index >= 15 is 0 Å². The van der Waals surface area contributed by atoms with Gasteiger partial charge in [0.2, 0.25) is 5.91 Å². The quantitative estimate of drug-likeness (QED) is 0.371. The molecule has 156 valence electrons. The van der Waals surface area contributed by atoms with E-state index in [1.165, 1.54) is 11.8 Å². The molecule has 0 radical (unpaired) electrons. The highest BCUT2D eigenvalue weighted by molar-refractivity contribution is 8.00. The van der Waals surface area contributed by atoms with Crippen molar-refractivity contribution in [3.63, 3.8) is 0 Å². The predicted molar refractivity (Wildman–Crippen MR) is 126 cm³/mol. The van der Waals surface area contributed by atoms with E-state index in [-0.39, 0.29) is 11.7 Å². The van der Waals surface area contributed by atoms with E-state index in [1.807, 2.05) is 42.5 Å². The number of carbonyl (C=O) groups excluding carboxylic acids is 1. The lowest BCUT2D eigenvalue weighted by molar-refractivity contribution is -0.113. The molecule has 1 amide bonds. The molecule has 31 heavy (non-hydrogen) atoms. The maximum atomic E-state index is 12.5. The largest absolute Gasteiger partial charge is 0.495 e. The van der Waals surface area contributed by atoms with Gasteiger partial charge in [0.1, 0.15) is 10.8 Å². The number of hydrogen-bond acceptors (Lipinski definition) is 5. The third-order valence-electron chi connectivity index (χ3n) is 4.60. The Morgan fingerprint density at radius 2 is 1.71 bits per heavy atom. The molecular formula is C24H20ClN3O2S. The number of amides is 1. The van der Waals surface area contributed by atoms with Crippen LogP contribution in [0, 0.1) is 0 Å². The van der Waals surface area contributed by atoms with Gasteiger partial charge in [-0.1, -0.05) is 65.8 Å². The van der Waals surface area contributed by atoms with Crippen LogP contribution in [0.25, 0.3) is 11.0 Å². The van der Waals surface area contributed by atoms with Crippen molar-refractivity contribution in [1.82, 2.24) is 9.97 Å². The van der Waals surface area contributed by atoms with Gasteiger partial charge < -0.3 is 10.1 Å². The molecule has 0 saturated heterocycles. The molecule has 1 aromatic heterocycles. The predicted octanol–water partition coefficient (Wildman–Crippen LogP) is 5.61. The summed E-state index contributed by atoms with van der Waals surface area (Å²) in [4.78, 5) is 22.1. The van der Waals surface area contributed by atoms with Gasteiger partial charge in [0.15, 0.2) is 0 Å². The molecule has 0 fully saturated rings. The molecule has 0 aliphatic carbocycles. The van der Waals surface area contributed by atoms with Crippen LogP contribution < -0.4 is 10.1 Å². The number of nitrogens with zero attached hydrogens (tertiary/aromatic N) is 2. The van der Waals surface area contributed by atoms with Crippen LogP contribution in [0.5, 0.6) is 5.75 Å². The standard InChI is InChI=1S/C24H20ClN3O2S/c1-30-22-12-11-17(14-18(22)25)26-23(29)15-31-24-21(13-16-7-3-2-4-8-16)27-19-9-5-6-10-20(19)28-24/h2-12,14H,13,15H2,1H3,(H,26,29). The third kappa shape index (κ3) is 5.34. The lowest BCUT2D eigenvalue weighted by Crippen LogP contribution is -2.14. The van der Waals surface area contributed by atoms with E-state index in [9.17, 15) is 4.79 Å². The summed E-state index contributed by atoms with van der Waals surface area (Å²) >= 11 is 7.52. The first-order valence-electron chi connectivity index (χ1n) is 9.68. The summed E-state index contributed by atoms with van der Waals surface area (Å²) in [6, 6.07) is 23.0. The summed E-state index contributed by atoms with van der Waals surface area (Å²) in [6.07, 6.45) is 0.650. The molecule has 0 bridgehead atoms. The Hall–Kier alpha value is -3.09. The molecule has 0 spiro atoms. The molecule has 1 N–H and O–H groups in total. The molecule has 0 unspecified atom stereocenters. The van der Waals surface area contributed by atoms with Gasteiger partial charge in [0, 0.05) is 12.1 Å². The third-order valence-corrected chi connectivity index (χ3v) is 5.90. The highest BCUT2D eigenvalue weighted by Gasteiger charge is 2.13. The number of fused-ring (bicyclic) bond motifs is 1. The van der Waals surface area contributed by atoms with Crippen LogP contribution in [0.1, 0.15) is 11.3 Å². The SMILES string of the molecule is COc1ccc(NC(=O)CSc2nc3ccccc3nc2Cc2ccccc2)cc1Cl. The van der Waals surface area contributed by atoms with Crippen molar-refractivity contribution < 1.29 is 9.53 Å². The lowest BCUT2D eigenvalue weighted by Gasteiger charge is -2.11. The second-order valence-corrected chi connectivity index (χ2v) is 8.18. The number of benzene rings is 3. The van der Waals surface area contributed by atoms with E-state index in [4.69, 9.17) is 26.3 Å². The topological polar surface area (TPSA) is 64.1 Å². The van der Waals surface area contributed by atoms with Gasteiger partial charge in [-0.2, -0.15) is 0 Å². The number of halogens is 1. The molecule has 5 nitrogen and oxygen atoms in total. The second kappa shape index (κ2) is 9.81. The summed E-state index contributed by atoms with van der Waals surface area (Å²) in [5.74, 6) is 0.622. The van der Waals surface area contributed by atoms with Gasteiger partial charge in [-0.25, -0.2) is 9.97 Å². The number of rotatable bonds is 7. The summed E-state index contributed by atoms with van der Waals surface area (Å²) in [5, 5.41) is 4.06. The van der Waals surface area contributed by atoms with E-state index in [0.29, 0.717) is 22.9 Å². The monoisotopic (exact) mass is 449 g/mol. The van der Waals surface area contributed by atoms with Crippen molar-refractivity contribution in [2.24, 2.45) is 0 Å². The smallest absolute Gasteiger partial charge is 0.234 e. The summed E-state index contributed by atoms with van der Waals surface area (Å²) in [6.45, 7) is 0. The molecule has 4 rings (SSSR count). The van der Waals surface area contributed by atoms with Crippen molar-refractivity contribution in [2.75, 3.05) is 18.2 Å². The molecule has 4 aromatic rings. The number of aromatic nitrogens is 2. The van der Waals surface area contributed by atoms with Crippen molar-refractivity contribution >= 4 is 46.0 Å². The zero-order chi connectivity index (χ0) is 21.6. The number of anilines is 1. The number of methoxy groups -OCH3 is 1. The molecule has 1 heterocycles. The number of hydrogen-bond donors (Lipinski definition) is 1. The molecule has 3 aromatic carbocycles. The van der Waals surface area contributed by atoms with Gasteiger partial charge in [0.05, 0.1) is 34.6 Å². The first-order valence-corrected chi connectivity index (χ1v) is 11.0. The Bertz CT molecular complexity index is 1220. The molecule has 0 aliphatic rings. The molecular weight excluding hydrogens is 430 g/mol. The fourth-order valence-corrected chi connectivity index (χ4v) is 4.16. The fraction of sp³-hybridized carbons (Fsp3) is 0.125. The maximum absolute atomic E-state index is 12.5. The average Bonchev–Trinajstić information content (AvgIpc) is 2.78. The van der Waals surface area contributed by atoms with Crippen LogP contribution in [0.15, 0.2) is 77.8 Å². The molecule has 0 atom stereocenters. The summed E-state index contributed by atoms with van der Waals surface area (Å²) in [7, 11) is 1.55. The Balaban J connectivity index is 1.52. The second-order valence-electron chi connectivity index (χ2n) is 6.81. The fourth-order valence-electron chi connectivity index (χ4n) is 3.12. The van der Waals surface area contributed by atoms with E-state index in [1.54, 1.807) is 25.3 Å². The normalized spacial score (nSPS) is 10.8. The molecule has 0 saturated carbocycles. The Morgan fingerprint density at radius 1 is 1.00 bits per heavy atom. The number of nitrogens with one attached hydrogen (secondary N) is 1. The molecule has 7 heteroatoms. The van der Waals surface area contributed by atoms with Crippen LogP contribution >= 0.6 is 23.4 Å². The summed E-state index contributed by atoms with van der Waals surface area (Å²) in [5.41, 5.74) is 4.27. The van der Waals surface area contributed by atoms with Crippen LogP contribution in [0.2, 0.25) is 5.02 Å². The first-order chi connectivity index (χ1) is 15.1. The average molecular weight is 450 g/mol. The van der Waals surface area contributed by atoms with Crippen LogP contribution in [-0.2, 0) is 11.2 Å². The van der Waals surface area contributed by atoms with E-state index in [0.717, 1.165) is 27.3 Å². The number of para-hydroxylation sites is 2. The minimum Gasteiger partial charge on any atom is -0.495 e. The Kier molecular flexibility index (Phi) is 6.70. The highest BCUT2D eigenvalue weighted by Crippen LogP contribution is 2.28. The zero-order valence-electron chi connectivity index (χ0n) is 16.8. The van der Waals surface area contributed by atoms with Crippen molar-refractivity contribution in [2.45, 2.75) is 11.4 Å². The minimum atomic E-state index is -0.146. The number of ether oxygens (including phenoxy) is 1. The van der Waals surface area contributed by atoms with Crippen molar-refractivity contribution in [3.8, 4) is 5.75 Å². The number of carbonyl (C=O) groups is 1. The van der Waals surface area contributed by atoms with Crippen LogP contribution in [0.3, 0.4) is 0 Å². The van der Waals surface area contributed by atoms with E-state index < -0.39 is 0 Å². The maximum Gasteiger partial charge on any atom is 0.234 e.